The number of H-pyrrole nitrogens is 3. The third kappa shape index (κ3) is 26.7. The number of halogens is 3. The number of hydrogen-bond donors (Lipinski definition) is 6. The van der Waals surface area contributed by atoms with Crippen molar-refractivity contribution < 1.29 is 148 Å². The number of methoxy groups -OCH3 is 2. The van der Waals surface area contributed by atoms with Gasteiger partial charge in [-0.2, -0.15) is 4.98 Å². The van der Waals surface area contributed by atoms with Gasteiger partial charge in [-0.3, -0.25) is 4.79 Å². The van der Waals surface area contributed by atoms with E-state index in [-0.39, 0.29) is 133 Å². The number of carbonyl (C=O) groups excluding carboxylic acids is 1. The monoisotopic (exact) mass is 1270 g/mol. The minimum absolute atomic E-state index is 0. The molecule has 5 aromatic carbocycles. The van der Waals surface area contributed by atoms with Gasteiger partial charge in [0.2, 0.25) is 16.4 Å². The van der Waals surface area contributed by atoms with Crippen molar-refractivity contribution in [3.63, 3.8) is 0 Å². The predicted octanol–water partition coefficient (Wildman–Crippen LogP) is 7.79. The van der Waals surface area contributed by atoms with Gasteiger partial charge in [-0.1, -0.05) is 44.5 Å². The van der Waals surface area contributed by atoms with Gasteiger partial charge in [0.25, 0.3) is 6.47 Å². The molecule has 0 saturated heterocycles. The summed E-state index contributed by atoms with van der Waals surface area (Å²) in [5, 5.41) is 33.7. The molecule has 0 bridgehead atoms. The summed E-state index contributed by atoms with van der Waals surface area (Å²) in [5.74, 6) is 4.30. The number of fused-ring (bicyclic) bond motifs is 3. The molecule has 25 heteroatoms. The molecule has 0 spiro atoms. The molecule has 11 aromatic rings. The number of ether oxygens (including phenoxy) is 4. The smallest absolute Gasteiger partial charge is 1.00 e. The quantitative estimate of drug-likeness (QED) is 0.0170. The number of benzene rings is 5. The number of rotatable bonds is 12. The van der Waals surface area contributed by atoms with E-state index in [1.54, 1.807) is 87.3 Å². The summed E-state index contributed by atoms with van der Waals surface area (Å²) in [4.78, 5) is 46.9. The zero-order chi connectivity index (χ0) is 60.1. The van der Waals surface area contributed by atoms with Gasteiger partial charge in [0.05, 0.1) is 14.2 Å². The summed E-state index contributed by atoms with van der Waals surface area (Å²) >= 11 is 16.5. The van der Waals surface area contributed by atoms with Crippen LogP contribution in [-0.4, -0.2) is 100 Å². The summed E-state index contributed by atoms with van der Waals surface area (Å²) in [7, 11) is 3.17. The molecular formula is C60H64Cl3K2N11O9. The Kier molecular flexibility index (Phi) is 34.3. The van der Waals surface area contributed by atoms with E-state index in [2.05, 4.69) is 98.9 Å². The maximum Gasteiger partial charge on any atom is 1.00 e. The van der Waals surface area contributed by atoms with E-state index in [0.29, 0.717) is 45.6 Å². The van der Waals surface area contributed by atoms with Crippen LogP contribution in [0.3, 0.4) is 0 Å². The number of anilines is 2. The Morgan fingerprint density at radius 3 is 1.58 bits per heavy atom. The van der Waals surface area contributed by atoms with E-state index >= 15 is 0 Å². The van der Waals surface area contributed by atoms with Crippen LogP contribution in [0.15, 0.2) is 158 Å². The Bertz CT molecular complexity index is 3730. The number of hydrogen-bond acceptors (Lipinski definition) is 17. The van der Waals surface area contributed by atoms with Crippen LogP contribution in [0, 0.1) is 20.8 Å². The van der Waals surface area contributed by atoms with Crippen molar-refractivity contribution in [1.82, 2.24) is 49.8 Å². The van der Waals surface area contributed by atoms with E-state index in [1.807, 2.05) is 81.4 Å². The van der Waals surface area contributed by atoms with Crippen molar-refractivity contribution in [2.24, 2.45) is 0 Å². The summed E-state index contributed by atoms with van der Waals surface area (Å²) in [6.45, 7) is 16.0. The molecule has 0 unspecified atom stereocenters. The molecule has 11 rings (SSSR count). The number of aromatic hydroxyl groups is 2. The zero-order valence-electron chi connectivity index (χ0n) is 49.7. The molecule has 0 radical (unpaired) electrons. The van der Waals surface area contributed by atoms with E-state index in [0.717, 1.165) is 55.5 Å². The molecule has 0 amide bonds. The normalized spacial score (nSPS) is 9.85. The van der Waals surface area contributed by atoms with Crippen LogP contribution in [-0.2, 0) is 9.68 Å². The first kappa shape index (κ1) is 73.3. The summed E-state index contributed by atoms with van der Waals surface area (Å²) in [6.07, 6.45) is 4.71. The Balaban J connectivity index is 0.000000368. The Morgan fingerprint density at radius 1 is 0.565 bits per heavy atom. The van der Waals surface area contributed by atoms with E-state index < -0.39 is 0 Å². The first-order valence-electron chi connectivity index (χ1n) is 25.5. The Hall–Kier alpha value is -5.91. The fourth-order valence-corrected chi connectivity index (χ4v) is 7.88. The molecule has 0 aliphatic carbocycles. The van der Waals surface area contributed by atoms with Crippen LogP contribution in [0.5, 0.6) is 46.4 Å². The van der Waals surface area contributed by atoms with Crippen molar-refractivity contribution in [1.29, 1.82) is 0 Å². The average Bonchev–Trinajstić information content (AvgIpc) is 3.00. The molecule has 436 valence electrons. The van der Waals surface area contributed by atoms with Crippen molar-refractivity contribution in [3.05, 3.63) is 191 Å². The number of aromatic amines is 3. The van der Waals surface area contributed by atoms with E-state index in [9.17, 15) is 0 Å². The molecule has 0 saturated carbocycles. The number of phenolic OH excluding ortho intramolecular Hbond substituents is 2. The fourth-order valence-electron chi connectivity index (χ4n) is 7.41. The van der Waals surface area contributed by atoms with Crippen LogP contribution in [0.2, 0.25) is 15.7 Å². The van der Waals surface area contributed by atoms with Gasteiger partial charge in [-0.15, -0.1) is 0 Å². The van der Waals surface area contributed by atoms with Gasteiger partial charge in [0.15, 0.2) is 0 Å². The van der Waals surface area contributed by atoms with Crippen molar-refractivity contribution in [2.45, 2.75) is 41.5 Å². The predicted molar refractivity (Wildman–Crippen MR) is 325 cm³/mol. The van der Waals surface area contributed by atoms with Crippen molar-refractivity contribution in [2.75, 3.05) is 39.2 Å². The SMILES string of the molecule is CCN(CC)CC.COc1cccc(O)c1.COc1cccc(Oc2nccc(Oc3ccc4[nH]c(C)cc4c3)n2)c1.Cc1cc2cc(Nc3ccnc(Cl)n3)ccc2[nH]1.Cc1cc2cc(O)ccc2[nH]1.Clc1ccnc(Cl)n1.O=CO[O-].[H-].[K+].[K+]. The largest absolute Gasteiger partial charge is 1.00 e. The van der Waals surface area contributed by atoms with Gasteiger partial charge in [-0.05, 0) is 173 Å². The topological polar surface area (TPSA) is 267 Å². The number of phenols is 2. The van der Waals surface area contributed by atoms with Gasteiger partial charge in [0.1, 0.15) is 45.5 Å². The number of nitrogens with zero attached hydrogens (tertiary/aromatic N) is 7. The van der Waals surface area contributed by atoms with Crippen LogP contribution in [0.1, 0.15) is 39.3 Å². The molecule has 0 atom stereocenters. The van der Waals surface area contributed by atoms with Crippen LogP contribution in [0.4, 0.5) is 11.5 Å². The molecule has 85 heavy (non-hydrogen) atoms. The Morgan fingerprint density at radius 2 is 1.06 bits per heavy atom. The van der Waals surface area contributed by atoms with Crippen molar-refractivity contribution >= 4 is 85.5 Å². The molecule has 20 nitrogen and oxygen atoms in total. The number of nitrogens with one attached hydrogen (secondary N) is 4. The number of aryl methyl sites for hydroxylation is 3. The average molecular weight is 1270 g/mol. The summed E-state index contributed by atoms with van der Waals surface area (Å²) in [6, 6.07) is 42.5. The molecule has 6 heterocycles. The van der Waals surface area contributed by atoms with Crippen LogP contribution >= 0.6 is 34.8 Å². The molecule has 6 N–H and O–H groups in total. The minimum atomic E-state index is -0.181. The van der Waals surface area contributed by atoms with Crippen molar-refractivity contribution in [3.8, 4) is 46.4 Å². The van der Waals surface area contributed by atoms with Crippen LogP contribution < -0.4 is 132 Å². The van der Waals surface area contributed by atoms with E-state index in [4.69, 9.17) is 74.0 Å². The van der Waals surface area contributed by atoms with E-state index in [1.165, 1.54) is 25.8 Å². The van der Waals surface area contributed by atoms with Gasteiger partial charge in [-0.25, -0.2) is 24.9 Å². The van der Waals surface area contributed by atoms with Gasteiger partial charge in [0, 0.05) is 92.3 Å². The summed E-state index contributed by atoms with van der Waals surface area (Å²) < 4.78 is 21.6. The molecule has 0 fully saturated rings. The van der Waals surface area contributed by atoms with Gasteiger partial charge >= 0.3 is 109 Å². The molecular weight excluding hydrogens is 1200 g/mol. The minimum Gasteiger partial charge on any atom is -1.00 e. The second kappa shape index (κ2) is 39.7. The molecule has 0 aliphatic heterocycles. The third-order valence-corrected chi connectivity index (χ3v) is 11.8. The maximum atomic E-state index is 9.13. The zero-order valence-corrected chi connectivity index (χ0v) is 57.2. The first-order chi connectivity index (χ1) is 40.0. The van der Waals surface area contributed by atoms with Crippen LogP contribution in [0.25, 0.3) is 32.7 Å². The second-order valence-electron chi connectivity index (χ2n) is 17.2. The number of aromatic nitrogens is 9. The Labute approximate surface area is 594 Å². The summed E-state index contributed by atoms with van der Waals surface area (Å²) in [5.41, 5.74) is 7.60. The standard InChI is InChI=1S/C20H17N3O3.C13H11ClN4.C9H9NO.C7H8O2.C6H15N.C4H2Cl2N2.CH2O3.2K.H/c1-13-10-14-11-17(6-7-18(14)22-13)25-19-8-9-21-20(23-19)26-16-5-3-4-15(12-16)24-2;1-8-6-9-7-10(2-3-11(9)16-8)17-12-4-5-15-13(14)18-12;1-6-4-7-5-8(11)2-3-9(7)10-6;1-9-7-4-2-3-6(8)5-7;1-4-7(5-2)6-3;5-3-1-2-7-4(6)8-3;2-1-4-3;;;/h3-12,22H,1-2H3;2-7,16H,1H3,(H,15,17,18);2-5,10-11H,1H3;2-5,8H,1H3;4-6H2,1-3H3;1-2H;1,3H;;;/q;;;;;;;2*+1;-1/p-1. The van der Waals surface area contributed by atoms with Gasteiger partial charge < -0.3 is 65.9 Å². The maximum absolute atomic E-state index is 9.13. The molecule has 6 aromatic heterocycles. The first-order valence-corrected chi connectivity index (χ1v) is 26.6. The second-order valence-corrected chi connectivity index (χ2v) is 18.3. The molecule has 0 aliphatic rings. The third-order valence-electron chi connectivity index (χ3n) is 11.2. The fraction of sp³-hybridized carbons (Fsp3) is 0.183. The number of carbonyl (C=O) groups is 1.